The summed E-state index contributed by atoms with van der Waals surface area (Å²) in [5.74, 6) is 0.0726. The van der Waals surface area contributed by atoms with Crippen LogP contribution in [0.5, 0.6) is 0 Å². The average molecular weight is 275 g/mol. The second kappa shape index (κ2) is 6.86. The van der Waals surface area contributed by atoms with E-state index in [0.29, 0.717) is 12.6 Å². The first-order chi connectivity index (χ1) is 9.61. The van der Waals surface area contributed by atoms with E-state index in [1.165, 1.54) is 5.56 Å². The molecule has 20 heavy (non-hydrogen) atoms. The summed E-state index contributed by atoms with van der Waals surface area (Å²) in [6.45, 7) is 6.63. The molecule has 0 spiro atoms. The van der Waals surface area contributed by atoms with Gasteiger partial charge in [0.05, 0.1) is 6.54 Å². The number of hydrogen-bond acceptors (Lipinski definition) is 3. The topological polar surface area (TPSA) is 44.4 Å². The van der Waals surface area contributed by atoms with Crippen LogP contribution in [0.3, 0.4) is 0 Å². The number of likely N-dealkylation sites (N-methyl/N-ethyl adjacent to an activating group) is 1. The highest BCUT2D eigenvalue weighted by Gasteiger charge is 2.21. The largest absolute Gasteiger partial charge is 0.324 e. The normalized spacial score (nSPS) is 18.5. The number of nitrogens with one attached hydrogen (secondary N) is 2. The first-order valence-corrected chi connectivity index (χ1v) is 7.41. The quantitative estimate of drug-likeness (QED) is 0.861. The van der Waals surface area contributed by atoms with Gasteiger partial charge in [0.15, 0.2) is 0 Å². The summed E-state index contributed by atoms with van der Waals surface area (Å²) < 4.78 is 0. The van der Waals surface area contributed by atoms with E-state index in [0.717, 1.165) is 37.2 Å². The van der Waals surface area contributed by atoms with E-state index in [1.807, 2.05) is 26.1 Å². The molecule has 0 bridgehead atoms. The van der Waals surface area contributed by atoms with E-state index < -0.39 is 0 Å². The molecule has 1 heterocycles. The van der Waals surface area contributed by atoms with E-state index in [9.17, 15) is 4.79 Å². The van der Waals surface area contributed by atoms with Gasteiger partial charge in [0.1, 0.15) is 0 Å². The van der Waals surface area contributed by atoms with Crippen molar-refractivity contribution in [2.45, 2.75) is 32.7 Å². The van der Waals surface area contributed by atoms with Crippen LogP contribution in [-0.2, 0) is 11.2 Å². The van der Waals surface area contributed by atoms with Crippen molar-refractivity contribution in [3.8, 4) is 0 Å². The maximum Gasteiger partial charge on any atom is 0.238 e. The number of benzene rings is 1. The van der Waals surface area contributed by atoms with Crippen molar-refractivity contribution >= 4 is 11.6 Å². The fraction of sp³-hybridized carbons (Fsp3) is 0.562. The lowest BCUT2D eigenvalue weighted by Crippen LogP contribution is -2.39. The molecule has 110 valence electrons. The molecule has 1 aromatic rings. The van der Waals surface area contributed by atoms with Gasteiger partial charge < -0.3 is 10.6 Å². The van der Waals surface area contributed by atoms with Gasteiger partial charge in [-0.05, 0) is 44.5 Å². The summed E-state index contributed by atoms with van der Waals surface area (Å²) in [6.07, 6.45) is 2.05. The van der Waals surface area contributed by atoms with Gasteiger partial charge in [-0.25, -0.2) is 0 Å². The molecule has 1 aliphatic rings. The Bertz CT molecular complexity index is 467. The van der Waals surface area contributed by atoms with E-state index in [2.05, 4.69) is 28.5 Å². The van der Waals surface area contributed by atoms with Crippen LogP contribution in [0, 0.1) is 6.92 Å². The fourth-order valence-corrected chi connectivity index (χ4v) is 2.75. The Labute approximate surface area is 121 Å². The van der Waals surface area contributed by atoms with Crippen molar-refractivity contribution in [2.24, 2.45) is 0 Å². The predicted molar refractivity (Wildman–Crippen MR) is 83.1 cm³/mol. The number of rotatable bonds is 5. The smallest absolute Gasteiger partial charge is 0.238 e. The molecule has 2 N–H and O–H groups in total. The lowest BCUT2D eigenvalue weighted by atomic mass is 10.1. The fourth-order valence-electron chi connectivity index (χ4n) is 2.75. The predicted octanol–water partition coefficient (Wildman–Crippen LogP) is 1.79. The minimum absolute atomic E-state index is 0.0726. The number of carbonyl (C=O) groups is 1. The molecule has 0 aliphatic carbocycles. The van der Waals surface area contributed by atoms with Crippen LogP contribution in [0.1, 0.15) is 24.5 Å². The van der Waals surface area contributed by atoms with Crippen LogP contribution in [0.2, 0.25) is 0 Å². The third-order valence-corrected chi connectivity index (χ3v) is 4.06. The van der Waals surface area contributed by atoms with Crippen LogP contribution in [0.15, 0.2) is 18.2 Å². The summed E-state index contributed by atoms with van der Waals surface area (Å²) in [4.78, 5) is 14.4. The minimum Gasteiger partial charge on any atom is -0.324 e. The van der Waals surface area contributed by atoms with Gasteiger partial charge >= 0.3 is 0 Å². The second-order valence-electron chi connectivity index (χ2n) is 5.57. The van der Waals surface area contributed by atoms with Crippen molar-refractivity contribution in [2.75, 3.05) is 32.0 Å². The summed E-state index contributed by atoms with van der Waals surface area (Å²) in [6, 6.07) is 6.63. The number of aryl methyl sites for hydroxylation is 2. The molecule has 4 nitrogen and oxygen atoms in total. The van der Waals surface area contributed by atoms with E-state index in [-0.39, 0.29) is 5.91 Å². The standard InChI is InChI=1S/C16H25N3O/c1-4-13-7-5-6-12(2)16(13)18-15(20)11-19(3)14-8-9-17-10-14/h5-7,14,17H,4,8-11H2,1-3H3,(H,18,20). The zero-order valence-corrected chi connectivity index (χ0v) is 12.7. The molecule has 0 saturated carbocycles. The summed E-state index contributed by atoms with van der Waals surface area (Å²) in [7, 11) is 2.02. The van der Waals surface area contributed by atoms with Crippen molar-refractivity contribution in [3.05, 3.63) is 29.3 Å². The third kappa shape index (κ3) is 3.58. The van der Waals surface area contributed by atoms with Crippen LogP contribution in [0.4, 0.5) is 5.69 Å². The molecule has 1 aliphatic heterocycles. The molecular weight excluding hydrogens is 250 g/mol. The molecule has 2 rings (SSSR count). The molecular formula is C16H25N3O. The molecule has 1 aromatic carbocycles. The van der Waals surface area contributed by atoms with Crippen LogP contribution >= 0.6 is 0 Å². The van der Waals surface area contributed by atoms with Gasteiger partial charge in [-0.1, -0.05) is 25.1 Å². The number of amides is 1. The molecule has 1 fully saturated rings. The zero-order valence-electron chi connectivity index (χ0n) is 12.7. The highest BCUT2D eigenvalue weighted by atomic mass is 16.2. The molecule has 1 unspecified atom stereocenters. The first-order valence-electron chi connectivity index (χ1n) is 7.41. The molecule has 1 atom stereocenters. The van der Waals surface area contributed by atoms with Crippen molar-refractivity contribution in [3.63, 3.8) is 0 Å². The van der Waals surface area contributed by atoms with E-state index >= 15 is 0 Å². The summed E-state index contributed by atoms with van der Waals surface area (Å²) in [5.41, 5.74) is 3.31. The number of nitrogens with zero attached hydrogens (tertiary/aromatic N) is 1. The van der Waals surface area contributed by atoms with Gasteiger partial charge in [0.2, 0.25) is 5.91 Å². The van der Waals surface area contributed by atoms with E-state index in [4.69, 9.17) is 0 Å². The van der Waals surface area contributed by atoms with Crippen molar-refractivity contribution in [1.82, 2.24) is 10.2 Å². The van der Waals surface area contributed by atoms with E-state index in [1.54, 1.807) is 0 Å². The number of anilines is 1. The molecule has 0 aromatic heterocycles. The Hall–Kier alpha value is -1.39. The lowest BCUT2D eigenvalue weighted by Gasteiger charge is -2.23. The Morgan fingerprint density at radius 3 is 2.95 bits per heavy atom. The Balaban J connectivity index is 1.97. The van der Waals surface area contributed by atoms with Crippen LogP contribution in [0.25, 0.3) is 0 Å². The second-order valence-corrected chi connectivity index (χ2v) is 5.57. The highest BCUT2D eigenvalue weighted by molar-refractivity contribution is 5.93. The monoisotopic (exact) mass is 275 g/mol. The first kappa shape index (κ1) is 15.0. The highest BCUT2D eigenvalue weighted by Crippen LogP contribution is 2.21. The van der Waals surface area contributed by atoms with Gasteiger partial charge in [0.25, 0.3) is 0 Å². The minimum atomic E-state index is 0.0726. The molecule has 1 amide bonds. The number of hydrogen-bond donors (Lipinski definition) is 2. The molecule has 4 heteroatoms. The van der Waals surface area contributed by atoms with Gasteiger partial charge in [-0.15, -0.1) is 0 Å². The lowest BCUT2D eigenvalue weighted by molar-refractivity contribution is -0.117. The SMILES string of the molecule is CCc1cccc(C)c1NC(=O)CN(C)C1CCNC1. The van der Waals surface area contributed by atoms with Gasteiger partial charge in [-0.2, -0.15) is 0 Å². The Morgan fingerprint density at radius 2 is 2.30 bits per heavy atom. The maximum atomic E-state index is 12.2. The van der Waals surface area contributed by atoms with Crippen molar-refractivity contribution < 1.29 is 4.79 Å². The Kier molecular flexibility index (Phi) is 5.15. The number of carbonyl (C=O) groups excluding carboxylic acids is 1. The van der Waals surface area contributed by atoms with Crippen molar-refractivity contribution in [1.29, 1.82) is 0 Å². The van der Waals surface area contributed by atoms with Crippen LogP contribution < -0.4 is 10.6 Å². The zero-order chi connectivity index (χ0) is 14.5. The summed E-state index contributed by atoms with van der Waals surface area (Å²) in [5, 5.41) is 6.41. The van der Waals surface area contributed by atoms with Gasteiger partial charge in [0, 0.05) is 18.3 Å². The third-order valence-electron chi connectivity index (χ3n) is 4.06. The maximum absolute atomic E-state index is 12.2. The molecule has 1 saturated heterocycles. The van der Waals surface area contributed by atoms with Gasteiger partial charge in [-0.3, -0.25) is 9.69 Å². The number of para-hydroxylation sites is 1. The average Bonchev–Trinajstić information content (AvgIpc) is 2.95. The Morgan fingerprint density at radius 1 is 1.50 bits per heavy atom. The summed E-state index contributed by atoms with van der Waals surface area (Å²) >= 11 is 0. The van der Waals surface area contributed by atoms with Crippen LogP contribution in [-0.4, -0.2) is 43.5 Å². The molecule has 0 radical (unpaired) electrons.